The van der Waals surface area contributed by atoms with E-state index in [0.717, 1.165) is 14.9 Å². The Labute approximate surface area is 173 Å². The number of imide groups is 1. The number of nitrogens with zero attached hydrogens (tertiary/aromatic N) is 6. The van der Waals surface area contributed by atoms with Gasteiger partial charge in [0.05, 0.1) is 5.69 Å². The summed E-state index contributed by atoms with van der Waals surface area (Å²) in [5.41, 5.74) is 1.31. The van der Waals surface area contributed by atoms with Crippen LogP contribution >= 0.6 is 15.9 Å². The lowest BCUT2D eigenvalue weighted by molar-refractivity contribution is -0.123. The number of benzene rings is 2. The highest BCUT2D eigenvalue weighted by atomic mass is 79.9. The Kier molecular flexibility index (Phi) is 4.20. The highest BCUT2D eigenvalue weighted by molar-refractivity contribution is 9.10. The van der Waals surface area contributed by atoms with Gasteiger partial charge in [-0.05, 0) is 24.3 Å². The van der Waals surface area contributed by atoms with Crippen molar-refractivity contribution in [3.8, 4) is 11.4 Å². The predicted molar refractivity (Wildman–Crippen MR) is 104 cm³/mol. The monoisotopic (exact) mass is 452 g/mol. The molecule has 1 aromatic heterocycles. The number of fused-ring (bicyclic) bond motifs is 1. The average Bonchev–Trinajstić information content (AvgIpc) is 3.43. The maximum atomic E-state index is 13.0. The zero-order chi connectivity index (χ0) is 20.0. The Morgan fingerprint density at radius 1 is 1.00 bits per heavy atom. The second-order valence-electron chi connectivity index (χ2n) is 6.56. The van der Waals surface area contributed by atoms with Crippen LogP contribution in [0.25, 0.3) is 11.4 Å². The van der Waals surface area contributed by atoms with Crippen LogP contribution in [0.4, 0.5) is 5.69 Å². The molecule has 0 radical (unpaired) electrons. The topological polar surface area (TPSA) is 104 Å². The fourth-order valence-electron chi connectivity index (χ4n) is 3.36. The maximum Gasteiger partial charge on any atom is 0.263 e. The molecular formula is C19H13BrN6O3. The van der Waals surface area contributed by atoms with Crippen molar-refractivity contribution < 1.29 is 14.1 Å². The van der Waals surface area contributed by atoms with Gasteiger partial charge >= 0.3 is 0 Å². The second kappa shape index (κ2) is 6.89. The van der Waals surface area contributed by atoms with E-state index in [2.05, 4.69) is 36.4 Å². The number of amides is 2. The molecule has 1 saturated heterocycles. The van der Waals surface area contributed by atoms with E-state index in [1.165, 1.54) is 5.01 Å². The lowest BCUT2D eigenvalue weighted by Crippen LogP contribution is -2.39. The molecule has 0 spiro atoms. The zero-order valence-corrected chi connectivity index (χ0v) is 16.4. The van der Waals surface area contributed by atoms with Gasteiger partial charge < -0.3 is 4.52 Å². The van der Waals surface area contributed by atoms with Crippen LogP contribution in [0.5, 0.6) is 0 Å². The third kappa shape index (κ3) is 3.01. The fourth-order valence-corrected chi connectivity index (χ4v) is 3.62. The van der Waals surface area contributed by atoms with E-state index < -0.39 is 18.0 Å². The summed E-state index contributed by atoms with van der Waals surface area (Å²) in [6.07, 6.45) is 0. The summed E-state index contributed by atoms with van der Waals surface area (Å²) in [7, 11) is 0. The molecule has 0 aliphatic carbocycles. The molecule has 0 unspecified atom stereocenters. The van der Waals surface area contributed by atoms with Crippen LogP contribution in [-0.4, -0.2) is 39.0 Å². The lowest BCUT2D eigenvalue weighted by atomic mass is 10.1. The van der Waals surface area contributed by atoms with E-state index in [-0.39, 0.29) is 18.3 Å². The third-order valence-corrected chi connectivity index (χ3v) is 5.27. The highest BCUT2D eigenvalue weighted by Gasteiger charge is 2.55. The number of rotatable bonds is 4. The standard InChI is InChI=1S/C19H13BrN6O3/c20-12-6-8-13(9-7-12)26-18(27)15-16(19(26)28)25(24-22-15)10-14-21-17(23-29-14)11-4-2-1-3-5-11/h1-9,15-16H,10H2/t15-,16-/m0/s1. The molecule has 3 aromatic rings. The number of carbonyl (C=O) groups is 2. The summed E-state index contributed by atoms with van der Waals surface area (Å²) in [4.78, 5) is 31.2. The molecule has 10 heteroatoms. The summed E-state index contributed by atoms with van der Waals surface area (Å²) < 4.78 is 6.15. The number of anilines is 1. The van der Waals surface area contributed by atoms with Crippen molar-refractivity contribution in [2.24, 2.45) is 10.3 Å². The Balaban J connectivity index is 1.37. The minimum absolute atomic E-state index is 0.0810. The molecule has 9 nitrogen and oxygen atoms in total. The third-order valence-electron chi connectivity index (χ3n) is 4.74. The van der Waals surface area contributed by atoms with Gasteiger partial charge in [-0.25, -0.2) is 4.90 Å². The largest absolute Gasteiger partial charge is 0.337 e. The van der Waals surface area contributed by atoms with Crippen molar-refractivity contribution in [2.75, 3.05) is 4.90 Å². The van der Waals surface area contributed by atoms with Gasteiger partial charge in [0.1, 0.15) is 6.54 Å². The van der Waals surface area contributed by atoms with Crippen LogP contribution in [-0.2, 0) is 16.1 Å². The van der Waals surface area contributed by atoms with Gasteiger partial charge in [0.25, 0.3) is 11.8 Å². The van der Waals surface area contributed by atoms with Gasteiger partial charge in [-0.2, -0.15) is 10.1 Å². The number of carbonyl (C=O) groups excluding carboxylic acids is 2. The van der Waals surface area contributed by atoms with Crippen LogP contribution in [0.15, 0.2) is 73.9 Å². The number of halogens is 1. The van der Waals surface area contributed by atoms with E-state index >= 15 is 0 Å². The first-order valence-corrected chi connectivity index (χ1v) is 9.60. The molecule has 2 aromatic carbocycles. The molecule has 144 valence electrons. The Hall–Kier alpha value is -3.40. The molecular weight excluding hydrogens is 440 g/mol. The molecule has 2 aliphatic rings. The zero-order valence-electron chi connectivity index (χ0n) is 14.8. The van der Waals surface area contributed by atoms with Gasteiger partial charge in [-0.15, -0.1) is 0 Å². The second-order valence-corrected chi connectivity index (χ2v) is 7.47. The van der Waals surface area contributed by atoms with E-state index in [1.807, 2.05) is 30.3 Å². The fraction of sp³-hybridized carbons (Fsp3) is 0.158. The molecule has 2 atom stereocenters. The molecule has 2 aliphatic heterocycles. The van der Waals surface area contributed by atoms with Gasteiger partial charge in [0, 0.05) is 10.0 Å². The summed E-state index contributed by atoms with van der Waals surface area (Å²) in [5, 5.41) is 13.4. The Bertz CT molecular complexity index is 1110. The van der Waals surface area contributed by atoms with Gasteiger partial charge in [-0.1, -0.05) is 56.6 Å². The summed E-state index contributed by atoms with van der Waals surface area (Å²) >= 11 is 3.34. The summed E-state index contributed by atoms with van der Waals surface area (Å²) in [6, 6.07) is 14.6. The van der Waals surface area contributed by atoms with Crippen LogP contribution < -0.4 is 4.90 Å². The molecule has 29 heavy (non-hydrogen) atoms. The highest BCUT2D eigenvalue weighted by Crippen LogP contribution is 2.33. The first kappa shape index (κ1) is 17.7. The number of hydrogen-bond donors (Lipinski definition) is 0. The number of hydrogen-bond acceptors (Lipinski definition) is 8. The quantitative estimate of drug-likeness (QED) is 0.563. The SMILES string of the molecule is O=C1[C@H]2N=NN(Cc3nc(-c4ccccc4)no3)[C@@H]2C(=O)N1c1ccc(Br)cc1. The first-order chi connectivity index (χ1) is 14.1. The number of aromatic nitrogens is 2. The van der Waals surface area contributed by atoms with Crippen LogP contribution in [0.3, 0.4) is 0 Å². The minimum Gasteiger partial charge on any atom is -0.337 e. The summed E-state index contributed by atoms with van der Waals surface area (Å²) in [5.74, 6) is -0.0522. The van der Waals surface area contributed by atoms with Gasteiger partial charge in [0.2, 0.25) is 11.7 Å². The Morgan fingerprint density at radius 2 is 1.76 bits per heavy atom. The van der Waals surface area contributed by atoms with Gasteiger partial charge in [-0.3, -0.25) is 14.6 Å². The average molecular weight is 453 g/mol. The van der Waals surface area contributed by atoms with Crippen molar-refractivity contribution in [2.45, 2.75) is 18.6 Å². The van der Waals surface area contributed by atoms with E-state index in [0.29, 0.717) is 11.5 Å². The van der Waals surface area contributed by atoms with Gasteiger partial charge in [0.15, 0.2) is 12.1 Å². The van der Waals surface area contributed by atoms with Crippen molar-refractivity contribution in [3.05, 3.63) is 65.0 Å². The van der Waals surface area contributed by atoms with Crippen molar-refractivity contribution in [3.63, 3.8) is 0 Å². The lowest BCUT2D eigenvalue weighted by Gasteiger charge is -2.19. The summed E-state index contributed by atoms with van der Waals surface area (Å²) in [6.45, 7) is 0.0810. The maximum absolute atomic E-state index is 13.0. The molecule has 2 amide bonds. The molecule has 0 N–H and O–H groups in total. The minimum atomic E-state index is -0.873. The van der Waals surface area contributed by atoms with E-state index in [4.69, 9.17) is 4.52 Å². The molecule has 0 bridgehead atoms. The Morgan fingerprint density at radius 3 is 2.52 bits per heavy atom. The first-order valence-electron chi connectivity index (χ1n) is 8.80. The normalized spacial score (nSPS) is 20.6. The van der Waals surface area contributed by atoms with Crippen molar-refractivity contribution in [1.29, 1.82) is 0 Å². The van der Waals surface area contributed by atoms with Crippen LogP contribution in [0, 0.1) is 0 Å². The molecule has 3 heterocycles. The van der Waals surface area contributed by atoms with Crippen molar-refractivity contribution >= 4 is 33.4 Å². The predicted octanol–water partition coefficient (Wildman–Crippen LogP) is 2.99. The van der Waals surface area contributed by atoms with E-state index in [1.54, 1.807) is 24.3 Å². The van der Waals surface area contributed by atoms with Crippen LogP contribution in [0.2, 0.25) is 0 Å². The van der Waals surface area contributed by atoms with E-state index in [9.17, 15) is 9.59 Å². The van der Waals surface area contributed by atoms with Crippen LogP contribution in [0.1, 0.15) is 5.89 Å². The van der Waals surface area contributed by atoms with Crippen molar-refractivity contribution in [1.82, 2.24) is 15.1 Å². The molecule has 0 saturated carbocycles. The smallest absolute Gasteiger partial charge is 0.263 e. The molecule has 5 rings (SSSR count). The molecule has 1 fully saturated rings.